The Balaban J connectivity index is 1.84. The summed E-state index contributed by atoms with van der Waals surface area (Å²) in [6.07, 6.45) is 5.81. The number of nitrogens with two attached hydrogens (primary N) is 1. The molecule has 1 heterocycles. The molecule has 2 amide bonds. The summed E-state index contributed by atoms with van der Waals surface area (Å²) < 4.78 is 1.49. The molecule has 1 saturated carbocycles. The summed E-state index contributed by atoms with van der Waals surface area (Å²) in [6, 6.07) is -0.189. The monoisotopic (exact) mass is 265 g/mol. The highest BCUT2D eigenvalue weighted by molar-refractivity contribution is 5.94. The molecule has 1 atom stereocenters. The van der Waals surface area contributed by atoms with Crippen molar-refractivity contribution in [2.75, 3.05) is 5.32 Å². The Morgan fingerprint density at radius 2 is 2.32 bits per heavy atom. The number of hydrogen-bond donors (Lipinski definition) is 3. The van der Waals surface area contributed by atoms with Crippen LogP contribution in [0, 0.1) is 0 Å². The molecule has 1 fully saturated rings. The molecular weight excluding hydrogens is 246 g/mol. The van der Waals surface area contributed by atoms with Crippen molar-refractivity contribution >= 4 is 17.5 Å². The molecule has 0 aliphatic heterocycles. The fourth-order valence-corrected chi connectivity index (χ4v) is 1.58. The molecule has 2 rings (SSSR count). The summed E-state index contributed by atoms with van der Waals surface area (Å²) in [5.41, 5.74) is 6.16. The van der Waals surface area contributed by atoms with Crippen LogP contribution in [0.25, 0.3) is 0 Å². The first kappa shape index (κ1) is 13.5. The van der Waals surface area contributed by atoms with E-state index in [2.05, 4.69) is 15.7 Å². The van der Waals surface area contributed by atoms with E-state index in [-0.39, 0.29) is 18.4 Å². The van der Waals surface area contributed by atoms with E-state index in [1.165, 1.54) is 10.9 Å². The predicted molar refractivity (Wildman–Crippen MR) is 70.3 cm³/mol. The highest BCUT2D eigenvalue weighted by Gasteiger charge is 2.23. The third kappa shape index (κ3) is 4.06. The number of anilines is 1. The van der Waals surface area contributed by atoms with E-state index < -0.39 is 6.04 Å². The van der Waals surface area contributed by atoms with E-state index in [0.29, 0.717) is 18.2 Å². The second-order valence-corrected chi connectivity index (χ2v) is 4.77. The molecule has 0 spiro atoms. The second kappa shape index (κ2) is 5.83. The zero-order chi connectivity index (χ0) is 13.8. The number of hydrogen-bond acceptors (Lipinski definition) is 4. The topological polar surface area (TPSA) is 102 Å². The molecule has 4 N–H and O–H groups in total. The lowest BCUT2D eigenvalue weighted by Gasteiger charge is -2.07. The minimum Gasteiger partial charge on any atom is -0.352 e. The van der Waals surface area contributed by atoms with Gasteiger partial charge in [0.15, 0.2) is 0 Å². The molecule has 104 valence electrons. The van der Waals surface area contributed by atoms with Gasteiger partial charge in [-0.3, -0.25) is 14.3 Å². The van der Waals surface area contributed by atoms with Gasteiger partial charge < -0.3 is 16.4 Å². The minimum atomic E-state index is -0.526. The van der Waals surface area contributed by atoms with Gasteiger partial charge in [-0.2, -0.15) is 5.10 Å². The van der Waals surface area contributed by atoms with E-state index in [0.717, 1.165) is 12.8 Å². The van der Waals surface area contributed by atoms with Crippen molar-refractivity contribution in [2.45, 2.75) is 44.8 Å². The fourth-order valence-electron chi connectivity index (χ4n) is 1.58. The lowest BCUT2D eigenvalue weighted by molar-refractivity contribution is -0.122. The van der Waals surface area contributed by atoms with Gasteiger partial charge in [-0.15, -0.1) is 0 Å². The number of nitrogens with zero attached hydrogens (tertiary/aromatic N) is 2. The van der Waals surface area contributed by atoms with Gasteiger partial charge >= 0.3 is 0 Å². The number of amides is 2. The standard InChI is InChI=1S/C12H19N5O2/c1-2-10(13)12(19)16-9-5-14-17(6-9)7-11(18)15-8-3-4-8/h5-6,8,10H,2-4,7,13H2,1H3,(H,15,18)(H,16,19)/t10-/m1/s1. The normalized spacial score (nSPS) is 15.9. The summed E-state index contributed by atoms with van der Waals surface area (Å²) in [5.74, 6) is -0.307. The Kier molecular flexibility index (Phi) is 4.16. The Morgan fingerprint density at radius 1 is 1.58 bits per heavy atom. The van der Waals surface area contributed by atoms with E-state index in [1.807, 2.05) is 6.92 Å². The third-order valence-corrected chi connectivity index (χ3v) is 2.93. The average Bonchev–Trinajstić information content (AvgIpc) is 3.08. The van der Waals surface area contributed by atoms with E-state index >= 15 is 0 Å². The SMILES string of the molecule is CC[C@@H](N)C(=O)Nc1cnn(CC(=O)NC2CC2)c1. The first-order valence-corrected chi connectivity index (χ1v) is 6.46. The Hall–Kier alpha value is -1.89. The van der Waals surface area contributed by atoms with Crippen LogP contribution in [-0.4, -0.2) is 33.7 Å². The molecule has 0 radical (unpaired) electrons. The van der Waals surface area contributed by atoms with Gasteiger partial charge in [-0.1, -0.05) is 6.92 Å². The molecule has 7 heteroatoms. The predicted octanol–water partition coefficient (Wildman–Crippen LogP) is -0.162. The molecule has 1 aromatic rings. The summed E-state index contributed by atoms with van der Waals surface area (Å²) in [4.78, 5) is 23.1. The maximum atomic E-state index is 11.6. The highest BCUT2D eigenvalue weighted by atomic mass is 16.2. The van der Waals surface area contributed by atoms with E-state index in [1.54, 1.807) is 6.20 Å². The van der Waals surface area contributed by atoms with Crippen LogP contribution in [0.4, 0.5) is 5.69 Å². The number of aromatic nitrogens is 2. The second-order valence-electron chi connectivity index (χ2n) is 4.77. The maximum absolute atomic E-state index is 11.6. The first-order valence-electron chi connectivity index (χ1n) is 6.46. The number of carbonyl (C=O) groups is 2. The number of rotatable bonds is 6. The van der Waals surface area contributed by atoms with Gasteiger partial charge in [0.05, 0.1) is 17.9 Å². The molecule has 1 aliphatic rings. The molecular formula is C12H19N5O2. The fraction of sp³-hybridized carbons (Fsp3) is 0.583. The summed E-state index contributed by atoms with van der Waals surface area (Å²) in [7, 11) is 0. The number of nitrogens with one attached hydrogen (secondary N) is 2. The van der Waals surface area contributed by atoms with Crippen LogP contribution < -0.4 is 16.4 Å². The van der Waals surface area contributed by atoms with Crippen molar-refractivity contribution in [2.24, 2.45) is 5.73 Å². The third-order valence-electron chi connectivity index (χ3n) is 2.93. The van der Waals surface area contributed by atoms with Crippen LogP contribution in [0.2, 0.25) is 0 Å². The highest BCUT2D eigenvalue weighted by Crippen LogP contribution is 2.18. The summed E-state index contributed by atoms with van der Waals surface area (Å²) >= 11 is 0. The molecule has 0 unspecified atom stereocenters. The molecule has 0 aromatic carbocycles. The van der Waals surface area contributed by atoms with Crippen molar-refractivity contribution in [3.63, 3.8) is 0 Å². The maximum Gasteiger partial charge on any atom is 0.241 e. The molecule has 1 aromatic heterocycles. The molecule has 7 nitrogen and oxygen atoms in total. The van der Waals surface area contributed by atoms with Crippen LogP contribution >= 0.6 is 0 Å². The van der Waals surface area contributed by atoms with Crippen LogP contribution in [-0.2, 0) is 16.1 Å². The molecule has 0 saturated heterocycles. The number of carbonyl (C=O) groups excluding carboxylic acids is 2. The van der Waals surface area contributed by atoms with Gasteiger partial charge in [0.1, 0.15) is 6.54 Å². The summed E-state index contributed by atoms with van der Waals surface area (Å²) in [5, 5.41) is 9.56. The zero-order valence-corrected chi connectivity index (χ0v) is 10.9. The molecule has 1 aliphatic carbocycles. The lowest BCUT2D eigenvalue weighted by atomic mass is 10.2. The quantitative estimate of drug-likeness (QED) is 0.665. The van der Waals surface area contributed by atoms with E-state index in [4.69, 9.17) is 5.73 Å². The average molecular weight is 265 g/mol. The van der Waals surface area contributed by atoms with Crippen LogP contribution in [0.5, 0.6) is 0 Å². The Labute approximate surface area is 111 Å². The van der Waals surface area contributed by atoms with Crippen LogP contribution in [0.15, 0.2) is 12.4 Å². The van der Waals surface area contributed by atoms with Gasteiger partial charge in [-0.05, 0) is 19.3 Å². The zero-order valence-electron chi connectivity index (χ0n) is 10.9. The lowest BCUT2D eigenvalue weighted by Crippen LogP contribution is -2.34. The van der Waals surface area contributed by atoms with E-state index in [9.17, 15) is 9.59 Å². The van der Waals surface area contributed by atoms with Crippen molar-refractivity contribution < 1.29 is 9.59 Å². The van der Waals surface area contributed by atoms with Gasteiger partial charge in [-0.25, -0.2) is 0 Å². The minimum absolute atomic E-state index is 0.0614. The summed E-state index contributed by atoms with van der Waals surface area (Å²) in [6.45, 7) is 2.00. The molecule has 0 bridgehead atoms. The van der Waals surface area contributed by atoms with Gasteiger partial charge in [0.2, 0.25) is 11.8 Å². The first-order chi connectivity index (χ1) is 9.08. The Bertz CT molecular complexity index is 466. The van der Waals surface area contributed by atoms with Crippen LogP contribution in [0.3, 0.4) is 0 Å². The van der Waals surface area contributed by atoms with Crippen LogP contribution in [0.1, 0.15) is 26.2 Å². The van der Waals surface area contributed by atoms with Gasteiger partial charge in [0, 0.05) is 12.2 Å². The van der Waals surface area contributed by atoms with Crippen molar-refractivity contribution in [3.8, 4) is 0 Å². The van der Waals surface area contributed by atoms with Crippen molar-refractivity contribution in [3.05, 3.63) is 12.4 Å². The van der Waals surface area contributed by atoms with Crippen molar-refractivity contribution in [1.82, 2.24) is 15.1 Å². The van der Waals surface area contributed by atoms with Crippen molar-refractivity contribution in [1.29, 1.82) is 0 Å². The smallest absolute Gasteiger partial charge is 0.241 e. The largest absolute Gasteiger partial charge is 0.352 e. The molecule has 19 heavy (non-hydrogen) atoms. The Morgan fingerprint density at radius 3 is 2.95 bits per heavy atom. The van der Waals surface area contributed by atoms with Gasteiger partial charge in [0.25, 0.3) is 0 Å².